The molecule has 1 aliphatic rings. The Labute approximate surface area is 184 Å². The number of hydrogen-bond acceptors (Lipinski definition) is 5. The summed E-state index contributed by atoms with van der Waals surface area (Å²) in [4.78, 5) is 39.7. The minimum Gasteiger partial charge on any atom is -0.467 e. The zero-order valence-corrected chi connectivity index (χ0v) is 19.3. The van der Waals surface area contributed by atoms with Gasteiger partial charge in [0.05, 0.1) is 13.2 Å². The lowest BCUT2D eigenvalue weighted by Crippen LogP contribution is -2.54. The van der Waals surface area contributed by atoms with E-state index in [1.807, 2.05) is 56.3 Å². The van der Waals surface area contributed by atoms with E-state index >= 15 is 0 Å². The summed E-state index contributed by atoms with van der Waals surface area (Å²) in [5.41, 5.74) is 0.311. The maximum Gasteiger partial charge on any atom is 0.411 e. The molecule has 2 amide bonds. The number of hydrogen-bond donors (Lipinski definition) is 1. The van der Waals surface area contributed by atoms with E-state index in [-0.39, 0.29) is 17.9 Å². The van der Waals surface area contributed by atoms with E-state index in [1.165, 1.54) is 12.0 Å². The average Bonchev–Trinajstić information content (AvgIpc) is 3.13. The predicted molar refractivity (Wildman–Crippen MR) is 119 cm³/mol. The summed E-state index contributed by atoms with van der Waals surface area (Å²) in [5.74, 6) is -1.04. The van der Waals surface area contributed by atoms with Gasteiger partial charge in [0, 0.05) is 0 Å². The van der Waals surface area contributed by atoms with Crippen molar-refractivity contribution in [1.29, 1.82) is 0 Å². The molecule has 0 bridgehead atoms. The first-order valence-electron chi connectivity index (χ1n) is 10.7. The van der Waals surface area contributed by atoms with Crippen LogP contribution in [0, 0.1) is 5.92 Å². The van der Waals surface area contributed by atoms with Crippen LogP contribution in [-0.4, -0.2) is 53.7 Å². The van der Waals surface area contributed by atoms with Crippen LogP contribution in [0.4, 0.5) is 4.79 Å². The van der Waals surface area contributed by atoms with E-state index in [0.717, 1.165) is 5.56 Å². The number of carbonyl (C=O) groups is 3. The molecule has 0 spiro atoms. The van der Waals surface area contributed by atoms with Gasteiger partial charge in [-0.1, -0.05) is 56.3 Å². The SMILES string of the molecule is COC(=O)[C@@H](NC(=O)[C@@H]1CCC(/C=C/c2ccccc2)N1C(=O)OC(C)(C)C)C(C)C. The second-order valence-corrected chi connectivity index (χ2v) is 9.07. The van der Waals surface area contributed by atoms with Crippen LogP contribution in [0.3, 0.4) is 0 Å². The zero-order chi connectivity index (χ0) is 23.2. The first kappa shape index (κ1) is 24.4. The number of methoxy groups -OCH3 is 1. The summed E-state index contributed by atoms with van der Waals surface area (Å²) in [6.45, 7) is 9.02. The molecule has 1 aliphatic heterocycles. The van der Waals surface area contributed by atoms with E-state index in [9.17, 15) is 14.4 Å². The van der Waals surface area contributed by atoms with Crippen LogP contribution in [0.2, 0.25) is 0 Å². The Morgan fingerprint density at radius 3 is 2.32 bits per heavy atom. The first-order chi connectivity index (χ1) is 14.5. The topological polar surface area (TPSA) is 84.9 Å². The fourth-order valence-corrected chi connectivity index (χ4v) is 3.52. The molecule has 1 aromatic carbocycles. The molecule has 31 heavy (non-hydrogen) atoms. The van der Waals surface area contributed by atoms with Gasteiger partial charge in [0.15, 0.2) is 0 Å². The molecule has 1 saturated heterocycles. The van der Waals surface area contributed by atoms with Crippen LogP contribution in [0.25, 0.3) is 6.08 Å². The van der Waals surface area contributed by atoms with Crippen LogP contribution in [0.1, 0.15) is 53.0 Å². The molecule has 0 aromatic heterocycles. The lowest BCUT2D eigenvalue weighted by atomic mass is 10.0. The van der Waals surface area contributed by atoms with Crippen molar-refractivity contribution >= 4 is 24.0 Å². The number of nitrogens with zero attached hydrogens (tertiary/aromatic N) is 1. The maximum atomic E-state index is 13.1. The fourth-order valence-electron chi connectivity index (χ4n) is 3.52. The van der Waals surface area contributed by atoms with Crippen LogP contribution in [-0.2, 0) is 19.1 Å². The van der Waals surface area contributed by atoms with Crippen molar-refractivity contribution in [3.63, 3.8) is 0 Å². The van der Waals surface area contributed by atoms with Gasteiger partial charge in [0.2, 0.25) is 5.91 Å². The highest BCUT2D eigenvalue weighted by Gasteiger charge is 2.43. The smallest absolute Gasteiger partial charge is 0.411 e. The van der Waals surface area contributed by atoms with Crippen molar-refractivity contribution in [2.45, 2.75) is 71.2 Å². The summed E-state index contributed by atoms with van der Waals surface area (Å²) in [6, 6.07) is 7.95. The molecule has 1 heterocycles. The Kier molecular flexibility index (Phi) is 8.25. The highest BCUT2D eigenvalue weighted by Crippen LogP contribution is 2.28. The molecule has 0 radical (unpaired) electrons. The summed E-state index contributed by atoms with van der Waals surface area (Å²) in [5, 5.41) is 2.76. The van der Waals surface area contributed by atoms with E-state index in [4.69, 9.17) is 9.47 Å². The maximum absolute atomic E-state index is 13.1. The minimum absolute atomic E-state index is 0.151. The molecule has 170 valence electrons. The normalized spacial score (nSPS) is 20.0. The van der Waals surface area contributed by atoms with E-state index < -0.39 is 29.7 Å². The average molecular weight is 431 g/mol. The quantitative estimate of drug-likeness (QED) is 0.694. The predicted octanol–water partition coefficient (Wildman–Crippen LogP) is 3.78. The number of rotatable bonds is 6. The third-order valence-corrected chi connectivity index (χ3v) is 5.07. The lowest BCUT2D eigenvalue weighted by Gasteiger charge is -2.32. The number of likely N-dealkylation sites (tertiary alicyclic amines) is 1. The van der Waals surface area contributed by atoms with E-state index in [2.05, 4.69) is 5.32 Å². The number of amides is 2. The number of carbonyl (C=O) groups excluding carboxylic acids is 3. The molecule has 1 fully saturated rings. The van der Waals surface area contributed by atoms with Crippen molar-refractivity contribution in [3.05, 3.63) is 42.0 Å². The van der Waals surface area contributed by atoms with Crippen LogP contribution < -0.4 is 5.32 Å². The van der Waals surface area contributed by atoms with Gasteiger partial charge in [-0.25, -0.2) is 9.59 Å². The molecule has 1 N–H and O–H groups in total. The van der Waals surface area contributed by atoms with E-state index in [0.29, 0.717) is 12.8 Å². The van der Waals surface area contributed by atoms with Gasteiger partial charge in [-0.2, -0.15) is 0 Å². The number of nitrogens with one attached hydrogen (secondary N) is 1. The Morgan fingerprint density at radius 1 is 1.13 bits per heavy atom. The molecule has 7 heteroatoms. The van der Waals surface area contributed by atoms with E-state index in [1.54, 1.807) is 20.8 Å². The Balaban J connectivity index is 2.25. The second-order valence-electron chi connectivity index (χ2n) is 9.07. The van der Waals surface area contributed by atoms with Crippen molar-refractivity contribution < 1.29 is 23.9 Å². The summed E-state index contributed by atoms with van der Waals surface area (Å²) in [7, 11) is 1.29. The number of ether oxygens (including phenoxy) is 2. The monoisotopic (exact) mass is 430 g/mol. The highest BCUT2D eigenvalue weighted by molar-refractivity contribution is 5.90. The summed E-state index contributed by atoms with van der Waals surface area (Å²) < 4.78 is 10.4. The van der Waals surface area contributed by atoms with Gasteiger partial charge in [0.1, 0.15) is 17.7 Å². The molecule has 1 unspecified atom stereocenters. The highest BCUT2D eigenvalue weighted by atomic mass is 16.6. The van der Waals surface area contributed by atoms with Crippen molar-refractivity contribution in [2.24, 2.45) is 5.92 Å². The van der Waals surface area contributed by atoms with Gasteiger partial charge in [-0.3, -0.25) is 9.69 Å². The Bertz CT molecular complexity index is 798. The summed E-state index contributed by atoms with van der Waals surface area (Å²) >= 11 is 0. The van der Waals surface area contributed by atoms with Crippen LogP contribution >= 0.6 is 0 Å². The minimum atomic E-state index is -0.781. The Morgan fingerprint density at radius 2 is 1.77 bits per heavy atom. The van der Waals surface area contributed by atoms with Crippen molar-refractivity contribution in [2.75, 3.05) is 7.11 Å². The molecule has 0 saturated carbocycles. The second kappa shape index (κ2) is 10.5. The molecule has 1 aromatic rings. The van der Waals surface area contributed by atoms with Crippen molar-refractivity contribution in [1.82, 2.24) is 10.2 Å². The van der Waals surface area contributed by atoms with Gasteiger partial charge in [-0.05, 0) is 45.1 Å². The first-order valence-corrected chi connectivity index (χ1v) is 10.7. The molecule has 3 atom stereocenters. The van der Waals surface area contributed by atoms with Crippen molar-refractivity contribution in [3.8, 4) is 0 Å². The Hall–Kier alpha value is -2.83. The molecule has 0 aliphatic carbocycles. The van der Waals surface area contributed by atoms with Gasteiger partial charge in [-0.15, -0.1) is 0 Å². The van der Waals surface area contributed by atoms with Gasteiger partial charge in [0.25, 0.3) is 0 Å². The number of benzene rings is 1. The molecule has 2 rings (SSSR count). The molecule has 7 nitrogen and oxygen atoms in total. The standard InChI is InChI=1S/C24H34N2O5/c1-16(2)20(22(28)30-6)25-21(27)19-15-14-18(13-12-17-10-8-7-9-11-17)26(19)23(29)31-24(3,4)5/h7-13,16,18-20H,14-15H2,1-6H3,(H,25,27)/b13-12+/t18?,19-,20-/m0/s1. The third kappa shape index (κ3) is 6.84. The fraction of sp³-hybridized carbons (Fsp3) is 0.542. The van der Waals surface area contributed by atoms with Gasteiger partial charge < -0.3 is 14.8 Å². The van der Waals surface area contributed by atoms with Crippen LogP contribution in [0.15, 0.2) is 36.4 Å². The van der Waals surface area contributed by atoms with Gasteiger partial charge >= 0.3 is 12.1 Å². The zero-order valence-electron chi connectivity index (χ0n) is 19.3. The largest absolute Gasteiger partial charge is 0.467 e. The lowest BCUT2D eigenvalue weighted by molar-refractivity contribution is -0.146. The number of esters is 1. The summed E-state index contributed by atoms with van der Waals surface area (Å²) in [6.07, 6.45) is 4.40. The van der Waals surface area contributed by atoms with Crippen LogP contribution in [0.5, 0.6) is 0 Å². The molecular formula is C24H34N2O5. The third-order valence-electron chi connectivity index (χ3n) is 5.07. The molecular weight excluding hydrogens is 396 g/mol.